The fourth-order valence-electron chi connectivity index (χ4n) is 3.01. The summed E-state index contributed by atoms with van der Waals surface area (Å²) in [7, 11) is 0. The van der Waals surface area contributed by atoms with Crippen LogP contribution in [-0.2, 0) is 4.74 Å². The topological polar surface area (TPSA) is 51.2 Å². The van der Waals surface area contributed by atoms with Gasteiger partial charge in [-0.1, -0.05) is 23.9 Å². The van der Waals surface area contributed by atoms with E-state index in [9.17, 15) is 4.79 Å². The normalized spacial score (nSPS) is 16.7. The summed E-state index contributed by atoms with van der Waals surface area (Å²) >= 11 is 4.97. The lowest BCUT2D eigenvalue weighted by Crippen LogP contribution is -2.14. The first-order valence-electron chi connectivity index (χ1n) is 8.82. The van der Waals surface area contributed by atoms with Gasteiger partial charge >= 0.3 is 0 Å². The molecule has 1 unspecified atom stereocenters. The summed E-state index contributed by atoms with van der Waals surface area (Å²) in [6.45, 7) is 0.853. The van der Waals surface area contributed by atoms with E-state index in [1.54, 1.807) is 34.9 Å². The minimum absolute atomic E-state index is 0.0839. The molecule has 3 aromatic rings. The van der Waals surface area contributed by atoms with E-state index in [0.29, 0.717) is 11.7 Å². The molecule has 4 nitrogen and oxygen atoms in total. The Balaban J connectivity index is 1.49. The maximum atomic E-state index is 12.9. The van der Waals surface area contributed by atoms with E-state index in [0.717, 1.165) is 50.3 Å². The molecule has 0 spiro atoms. The van der Waals surface area contributed by atoms with Gasteiger partial charge in [-0.25, -0.2) is 4.98 Å². The van der Waals surface area contributed by atoms with Gasteiger partial charge in [0, 0.05) is 22.9 Å². The molecule has 0 bridgehead atoms. The van der Waals surface area contributed by atoms with Crippen molar-refractivity contribution >= 4 is 56.7 Å². The number of ether oxygens (including phenoxy) is 1. The van der Waals surface area contributed by atoms with Crippen LogP contribution in [0.15, 0.2) is 51.7 Å². The number of hydrogen-bond donors (Lipinski definition) is 1. The highest BCUT2D eigenvalue weighted by atomic mass is 32.2. The van der Waals surface area contributed by atoms with Gasteiger partial charge in [-0.2, -0.15) is 0 Å². The minimum Gasteiger partial charge on any atom is -0.377 e. The quantitative estimate of drug-likeness (QED) is 0.535. The predicted molar refractivity (Wildman–Crippen MR) is 115 cm³/mol. The summed E-state index contributed by atoms with van der Waals surface area (Å²) in [6, 6.07) is 13.6. The highest BCUT2D eigenvalue weighted by Crippen LogP contribution is 2.31. The molecule has 7 heteroatoms. The standard InChI is InChI=1S/C20H20N2O2S3/c1-25-20-22-16-9-8-13(11-18(16)27-20)21-19(23)15-6-2-3-7-17(15)26-12-14-5-4-10-24-14/h2-3,6-9,11,14H,4-5,10,12H2,1H3,(H,21,23). The first kappa shape index (κ1) is 18.8. The number of anilines is 1. The highest BCUT2D eigenvalue weighted by Gasteiger charge is 2.18. The molecule has 140 valence electrons. The van der Waals surface area contributed by atoms with Crippen LogP contribution in [0, 0.1) is 0 Å². The predicted octanol–water partition coefficient (Wildman–Crippen LogP) is 5.54. The number of amides is 1. The van der Waals surface area contributed by atoms with E-state index in [-0.39, 0.29) is 5.91 Å². The molecule has 1 fully saturated rings. The lowest BCUT2D eigenvalue weighted by molar-refractivity contribution is 0.102. The minimum atomic E-state index is -0.0839. The molecule has 1 saturated heterocycles. The van der Waals surface area contributed by atoms with Gasteiger partial charge in [0.25, 0.3) is 5.91 Å². The van der Waals surface area contributed by atoms with Crippen molar-refractivity contribution in [2.45, 2.75) is 28.2 Å². The number of aromatic nitrogens is 1. The van der Waals surface area contributed by atoms with Crippen LogP contribution in [0.2, 0.25) is 0 Å². The number of fused-ring (bicyclic) bond motifs is 1. The molecule has 1 aliphatic rings. The highest BCUT2D eigenvalue weighted by molar-refractivity contribution is 8.00. The van der Waals surface area contributed by atoms with Crippen LogP contribution in [0.3, 0.4) is 0 Å². The molecule has 27 heavy (non-hydrogen) atoms. The summed E-state index contributed by atoms with van der Waals surface area (Å²) in [4.78, 5) is 18.4. The third-order valence-corrected chi connectivity index (χ3v) is 7.59. The van der Waals surface area contributed by atoms with Crippen LogP contribution >= 0.6 is 34.9 Å². The van der Waals surface area contributed by atoms with Crippen LogP contribution < -0.4 is 5.32 Å². The number of thiazole rings is 1. The van der Waals surface area contributed by atoms with Gasteiger partial charge in [0.05, 0.1) is 21.9 Å². The average molecular weight is 417 g/mol. The van der Waals surface area contributed by atoms with E-state index in [4.69, 9.17) is 4.74 Å². The zero-order valence-corrected chi connectivity index (χ0v) is 17.4. The molecule has 0 aliphatic carbocycles. The molecule has 1 amide bonds. The van der Waals surface area contributed by atoms with Crippen molar-refractivity contribution in [2.75, 3.05) is 23.9 Å². The second-order valence-corrected chi connectivity index (χ2v) is 9.41. The van der Waals surface area contributed by atoms with E-state index < -0.39 is 0 Å². The second-order valence-electron chi connectivity index (χ2n) is 6.26. The number of rotatable bonds is 6. The molecule has 2 aromatic carbocycles. The molecule has 2 heterocycles. The SMILES string of the molecule is CSc1nc2ccc(NC(=O)c3ccccc3SCC3CCCO3)cc2s1. The van der Waals surface area contributed by atoms with E-state index in [1.165, 1.54) is 0 Å². The van der Waals surface area contributed by atoms with E-state index >= 15 is 0 Å². The number of benzene rings is 2. The molecule has 1 atom stereocenters. The van der Waals surface area contributed by atoms with Gasteiger partial charge in [-0.15, -0.1) is 23.1 Å². The largest absolute Gasteiger partial charge is 0.377 e. The number of nitrogens with one attached hydrogen (secondary N) is 1. The number of nitrogens with zero attached hydrogens (tertiary/aromatic N) is 1. The van der Waals surface area contributed by atoms with Crippen molar-refractivity contribution in [3.05, 3.63) is 48.0 Å². The summed E-state index contributed by atoms with van der Waals surface area (Å²) < 4.78 is 7.81. The number of carbonyl (C=O) groups excluding carboxylic acids is 1. The number of thioether (sulfide) groups is 2. The smallest absolute Gasteiger partial charge is 0.256 e. The summed E-state index contributed by atoms with van der Waals surface area (Å²) in [5.74, 6) is 0.800. The van der Waals surface area contributed by atoms with Crippen molar-refractivity contribution < 1.29 is 9.53 Å². The van der Waals surface area contributed by atoms with Gasteiger partial charge in [0.1, 0.15) is 0 Å². The summed E-state index contributed by atoms with van der Waals surface area (Å²) in [5.41, 5.74) is 2.47. The third kappa shape index (κ3) is 4.48. The lowest BCUT2D eigenvalue weighted by atomic mass is 10.2. The van der Waals surface area contributed by atoms with Crippen LogP contribution in [-0.4, -0.2) is 35.6 Å². The molecular formula is C20H20N2O2S3. The lowest BCUT2D eigenvalue weighted by Gasteiger charge is -2.12. The van der Waals surface area contributed by atoms with Crippen molar-refractivity contribution in [1.82, 2.24) is 4.98 Å². The van der Waals surface area contributed by atoms with Crippen molar-refractivity contribution in [3.63, 3.8) is 0 Å². The monoisotopic (exact) mass is 416 g/mol. The molecular weight excluding hydrogens is 396 g/mol. The Hall–Kier alpha value is -1.54. The second kappa shape index (κ2) is 8.65. The van der Waals surface area contributed by atoms with Crippen LogP contribution in [0.4, 0.5) is 5.69 Å². The Bertz CT molecular complexity index is 951. The maximum absolute atomic E-state index is 12.9. The van der Waals surface area contributed by atoms with Crippen molar-refractivity contribution in [1.29, 1.82) is 0 Å². The third-order valence-electron chi connectivity index (χ3n) is 4.38. The molecule has 0 saturated carbocycles. The fourth-order valence-corrected chi connectivity index (χ4v) is 5.65. The van der Waals surface area contributed by atoms with E-state index in [2.05, 4.69) is 10.3 Å². The van der Waals surface area contributed by atoms with Gasteiger partial charge in [0.15, 0.2) is 4.34 Å². The Morgan fingerprint density at radius 2 is 2.22 bits per heavy atom. The van der Waals surface area contributed by atoms with Gasteiger partial charge < -0.3 is 10.1 Å². The zero-order valence-electron chi connectivity index (χ0n) is 14.9. The molecule has 1 aromatic heterocycles. The Labute approximate surface area is 171 Å². The Morgan fingerprint density at radius 3 is 3.04 bits per heavy atom. The summed E-state index contributed by atoms with van der Waals surface area (Å²) in [5, 5.41) is 3.03. The summed E-state index contributed by atoms with van der Waals surface area (Å²) in [6.07, 6.45) is 4.55. The zero-order chi connectivity index (χ0) is 18.6. The average Bonchev–Trinajstić information content (AvgIpc) is 3.35. The molecule has 1 N–H and O–H groups in total. The number of hydrogen-bond acceptors (Lipinski definition) is 6. The first-order valence-corrected chi connectivity index (χ1v) is 11.8. The fraction of sp³-hybridized carbons (Fsp3) is 0.300. The van der Waals surface area contributed by atoms with Crippen molar-refractivity contribution in [3.8, 4) is 0 Å². The van der Waals surface area contributed by atoms with Gasteiger partial charge in [0.2, 0.25) is 0 Å². The Kier molecular flexibility index (Phi) is 6.02. The molecule has 1 aliphatic heterocycles. The van der Waals surface area contributed by atoms with Gasteiger partial charge in [-0.3, -0.25) is 4.79 Å². The van der Waals surface area contributed by atoms with Crippen LogP contribution in [0.25, 0.3) is 10.2 Å². The van der Waals surface area contributed by atoms with Crippen LogP contribution in [0.5, 0.6) is 0 Å². The maximum Gasteiger partial charge on any atom is 0.256 e. The first-order chi connectivity index (χ1) is 13.2. The van der Waals surface area contributed by atoms with Crippen molar-refractivity contribution in [2.24, 2.45) is 0 Å². The van der Waals surface area contributed by atoms with Gasteiger partial charge in [-0.05, 0) is 49.4 Å². The van der Waals surface area contributed by atoms with E-state index in [1.807, 2.05) is 48.7 Å². The van der Waals surface area contributed by atoms with Crippen LogP contribution in [0.1, 0.15) is 23.2 Å². The Morgan fingerprint density at radius 1 is 1.33 bits per heavy atom. The molecule has 4 rings (SSSR count). The number of carbonyl (C=O) groups is 1. The molecule has 0 radical (unpaired) electrons.